The van der Waals surface area contributed by atoms with Gasteiger partial charge in [0.25, 0.3) is 0 Å². The molecule has 5 heteroatoms. The molecule has 0 amide bonds. The summed E-state index contributed by atoms with van der Waals surface area (Å²) < 4.78 is 3.01. The Labute approximate surface area is 121 Å². The van der Waals surface area contributed by atoms with E-state index in [-0.39, 0.29) is 0 Å². The summed E-state index contributed by atoms with van der Waals surface area (Å²) in [6, 6.07) is 0. The van der Waals surface area contributed by atoms with Crippen LogP contribution in [0.1, 0.15) is 41.9 Å². The Balaban J connectivity index is 2.17. The normalized spacial score (nSPS) is 15.1. The summed E-state index contributed by atoms with van der Waals surface area (Å²) >= 11 is 3.58. The van der Waals surface area contributed by atoms with Crippen LogP contribution in [0.2, 0.25) is 0 Å². The molecule has 100 valence electrons. The monoisotopic (exact) mass is 320 g/mol. The highest BCUT2D eigenvalue weighted by Crippen LogP contribution is 2.27. The minimum Gasteiger partial charge on any atom is -0.241 e. The number of nitrogens with zero attached hydrogens (tertiary/aromatic N) is 4. The van der Waals surface area contributed by atoms with Crippen molar-refractivity contribution in [2.75, 3.05) is 0 Å². The van der Waals surface area contributed by atoms with Crippen molar-refractivity contribution in [1.82, 2.24) is 19.7 Å². The Morgan fingerprint density at radius 1 is 1.11 bits per heavy atom. The van der Waals surface area contributed by atoms with Crippen LogP contribution in [0.4, 0.5) is 0 Å². The summed E-state index contributed by atoms with van der Waals surface area (Å²) in [7, 11) is 0. The van der Waals surface area contributed by atoms with Crippen molar-refractivity contribution >= 4 is 15.9 Å². The number of fused-ring (bicyclic) bond motifs is 1. The molecular weight excluding hydrogens is 304 g/mol. The molecule has 3 rings (SSSR count). The molecular formula is C14H17BrN4. The number of aryl methyl sites for hydroxylation is 2. The van der Waals surface area contributed by atoms with E-state index in [1.54, 1.807) is 6.33 Å². The lowest BCUT2D eigenvalue weighted by molar-refractivity contribution is 0.706. The van der Waals surface area contributed by atoms with Crippen molar-refractivity contribution in [3.63, 3.8) is 0 Å². The first-order valence-corrected chi connectivity index (χ1v) is 7.52. The molecule has 0 N–H and O–H groups in total. The van der Waals surface area contributed by atoms with Gasteiger partial charge < -0.3 is 0 Å². The quantitative estimate of drug-likeness (QED) is 0.757. The van der Waals surface area contributed by atoms with Gasteiger partial charge in [-0.25, -0.2) is 14.6 Å². The van der Waals surface area contributed by atoms with Crippen LogP contribution >= 0.6 is 15.9 Å². The van der Waals surface area contributed by atoms with Crippen molar-refractivity contribution < 1.29 is 0 Å². The molecule has 0 fully saturated rings. The SMILES string of the molecule is Cc1nn(-c2ncnc3c2CCCCC3)c(C)c1Br. The summed E-state index contributed by atoms with van der Waals surface area (Å²) in [4.78, 5) is 8.95. The van der Waals surface area contributed by atoms with E-state index in [4.69, 9.17) is 0 Å². The van der Waals surface area contributed by atoms with Gasteiger partial charge in [0.1, 0.15) is 6.33 Å². The maximum atomic E-state index is 4.60. The second-order valence-electron chi connectivity index (χ2n) is 5.08. The van der Waals surface area contributed by atoms with Crippen LogP contribution in [0.5, 0.6) is 0 Å². The van der Waals surface area contributed by atoms with E-state index in [1.165, 1.54) is 30.5 Å². The third kappa shape index (κ3) is 2.20. The van der Waals surface area contributed by atoms with Crippen LogP contribution in [0.25, 0.3) is 5.82 Å². The zero-order chi connectivity index (χ0) is 13.4. The maximum absolute atomic E-state index is 4.60. The fourth-order valence-corrected chi connectivity index (χ4v) is 2.94. The number of rotatable bonds is 1. The Morgan fingerprint density at radius 2 is 1.89 bits per heavy atom. The van der Waals surface area contributed by atoms with Crippen LogP contribution in [-0.2, 0) is 12.8 Å². The fraction of sp³-hybridized carbons (Fsp3) is 0.500. The summed E-state index contributed by atoms with van der Waals surface area (Å²) in [5, 5.41) is 4.60. The van der Waals surface area contributed by atoms with E-state index in [9.17, 15) is 0 Å². The van der Waals surface area contributed by atoms with Crippen LogP contribution in [0.15, 0.2) is 10.8 Å². The number of hydrogen-bond acceptors (Lipinski definition) is 3. The fourth-order valence-electron chi connectivity index (χ4n) is 2.69. The molecule has 4 nitrogen and oxygen atoms in total. The molecule has 2 aromatic heterocycles. The minimum atomic E-state index is 0.957. The van der Waals surface area contributed by atoms with Crippen molar-refractivity contribution in [2.24, 2.45) is 0 Å². The number of hydrogen-bond donors (Lipinski definition) is 0. The summed E-state index contributed by atoms with van der Waals surface area (Å²) in [6.07, 6.45) is 7.51. The van der Waals surface area contributed by atoms with Crippen molar-refractivity contribution in [3.8, 4) is 5.82 Å². The highest BCUT2D eigenvalue weighted by atomic mass is 79.9. The van der Waals surface area contributed by atoms with E-state index in [2.05, 4.69) is 37.9 Å². The van der Waals surface area contributed by atoms with Gasteiger partial charge in [-0.1, -0.05) is 6.42 Å². The molecule has 0 unspecified atom stereocenters. The predicted molar refractivity (Wildman–Crippen MR) is 77.6 cm³/mol. The second kappa shape index (κ2) is 5.04. The van der Waals surface area contributed by atoms with Crippen LogP contribution < -0.4 is 0 Å². The van der Waals surface area contributed by atoms with Gasteiger partial charge in [0.05, 0.1) is 15.9 Å². The second-order valence-corrected chi connectivity index (χ2v) is 5.87. The molecule has 0 radical (unpaired) electrons. The molecule has 2 heterocycles. The molecule has 1 aliphatic carbocycles. The predicted octanol–water partition coefficient (Wildman–Crippen LogP) is 3.31. The maximum Gasteiger partial charge on any atom is 0.160 e. The van der Waals surface area contributed by atoms with Crippen LogP contribution in [-0.4, -0.2) is 19.7 Å². The summed E-state index contributed by atoms with van der Waals surface area (Å²) in [6.45, 7) is 4.07. The molecule has 2 aromatic rings. The zero-order valence-electron chi connectivity index (χ0n) is 11.3. The van der Waals surface area contributed by atoms with Crippen molar-refractivity contribution in [2.45, 2.75) is 46.0 Å². The van der Waals surface area contributed by atoms with Crippen molar-refractivity contribution in [1.29, 1.82) is 0 Å². The van der Waals surface area contributed by atoms with E-state index < -0.39 is 0 Å². The Hall–Kier alpha value is -1.23. The average Bonchev–Trinajstić information content (AvgIpc) is 2.64. The van der Waals surface area contributed by atoms with Gasteiger partial charge in [-0.3, -0.25) is 0 Å². The van der Waals surface area contributed by atoms with Gasteiger partial charge >= 0.3 is 0 Å². The number of halogens is 1. The standard InChI is InChI=1S/C14H17BrN4/c1-9-13(15)10(2)19(18-9)14-11-6-4-3-5-7-12(11)16-8-17-14/h8H,3-7H2,1-2H3. The average molecular weight is 321 g/mol. The molecule has 1 aliphatic rings. The highest BCUT2D eigenvalue weighted by molar-refractivity contribution is 9.10. The lowest BCUT2D eigenvalue weighted by Gasteiger charge is -2.11. The van der Waals surface area contributed by atoms with Gasteiger partial charge in [-0.2, -0.15) is 5.10 Å². The molecule has 0 bridgehead atoms. The number of aromatic nitrogens is 4. The highest BCUT2D eigenvalue weighted by Gasteiger charge is 2.19. The molecule has 0 aliphatic heterocycles. The molecule has 0 atom stereocenters. The molecule has 0 saturated heterocycles. The summed E-state index contributed by atoms with van der Waals surface area (Å²) in [5.74, 6) is 0.957. The lowest BCUT2D eigenvalue weighted by Crippen LogP contribution is -2.09. The first-order valence-electron chi connectivity index (χ1n) is 6.73. The Morgan fingerprint density at radius 3 is 2.63 bits per heavy atom. The first kappa shape index (κ1) is 12.8. The van der Waals surface area contributed by atoms with Crippen molar-refractivity contribution in [3.05, 3.63) is 33.4 Å². The Kier molecular flexibility index (Phi) is 3.39. The molecule has 0 spiro atoms. The van der Waals surface area contributed by atoms with Gasteiger partial charge in [-0.05, 0) is 55.5 Å². The van der Waals surface area contributed by atoms with Crippen LogP contribution in [0.3, 0.4) is 0 Å². The van der Waals surface area contributed by atoms with E-state index >= 15 is 0 Å². The third-order valence-corrected chi connectivity index (χ3v) is 4.90. The van der Waals surface area contributed by atoms with E-state index in [1.807, 2.05) is 11.6 Å². The third-order valence-electron chi connectivity index (χ3n) is 3.76. The molecule has 0 aromatic carbocycles. The topological polar surface area (TPSA) is 43.6 Å². The molecule has 19 heavy (non-hydrogen) atoms. The zero-order valence-corrected chi connectivity index (χ0v) is 12.9. The Bertz CT molecular complexity index is 618. The van der Waals surface area contributed by atoms with Gasteiger partial charge in [0, 0.05) is 11.3 Å². The summed E-state index contributed by atoms with van der Waals surface area (Å²) in [5.41, 5.74) is 4.57. The van der Waals surface area contributed by atoms with Gasteiger partial charge in [0.15, 0.2) is 5.82 Å². The van der Waals surface area contributed by atoms with Gasteiger partial charge in [0.2, 0.25) is 0 Å². The largest absolute Gasteiger partial charge is 0.241 e. The van der Waals surface area contributed by atoms with E-state index in [0.717, 1.165) is 34.5 Å². The first-order chi connectivity index (χ1) is 9.18. The smallest absolute Gasteiger partial charge is 0.160 e. The molecule has 0 saturated carbocycles. The van der Waals surface area contributed by atoms with Gasteiger partial charge in [-0.15, -0.1) is 0 Å². The van der Waals surface area contributed by atoms with Crippen LogP contribution in [0, 0.1) is 13.8 Å². The minimum absolute atomic E-state index is 0.957. The lowest BCUT2D eigenvalue weighted by atomic mass is 10.1. The van der Waals surface area contributed by atoms with E-state index in [0.29, 0.717) is 0 Å².